The van der Waals surface area contributed by atoms with Crippen LogP contribution in [0.15, 0.2) is 29.2 Å². The van der Waals surface area contributed by atoms with Crippen LogP contribution in [0.25, 0.3) is 0 Å². The molecule has 0 atom stereocenters. The van der Waals surface area contributed by atoms with E-state index in [4.69, 9.17) is 5.11 Å². The highest BCUT2D eigenvalue weighted by atomic mass is 32.2. The third kappa shape index (κ3) is 3.53. The van der Waals surface area contributed by atoms with E-state index >= 15 is 0 Å². The molecule has 1 fully saturated rings. The Labute approximate surface area is 150 Å². The number of carboxylic acid groups (broad SMARTS) is 1. The van der Waals surface area contributed by atoms with Crippen LogP contribution in [-0.4, -0.2) is 55.0 Å². The number of rotatable bonds is 4. The Kier molecular flexibility index (Phi) is 4.81. The summed E-state index contributed by atoms with van der Waals surface area (Å²) in [6.07, 6.45) is 0. The molecule has 3 heterocycles. The molecule has 1 aliphatic heterocycles. The number of carboxylic acids is 1. The highest BCUT2D eigenvalue weighted by Crippen LogP contribution is 2.28. The topological polar surface area (TPSA) is 90.8 Å². The molecule has 0 spiro atoms. The average molecular weight is 381 g/mol. The number of piperazine rings is 1. The van der Waals surface area contributed by atoms with E-state index in [-0.39, 0.29) is 5.69 Å². The zero-order valence-corrected chi connectivity index (χ0v) is 15.6. The van der Waals surface area contributed by atoms with Gasteiger partial charge in [0.1, 0.15) is 5.82 Å². The van der Waals surface area contributed by atoms with E-state index in [0.717, 1.165) is 9.75 Å². The standard InChI is InChI=1S/C16H19N3O4S2/c1-11-10-14(12(2)24-11)25(22,23)19-8-6-18(7-9-19)15-5-3-4-13(17-15)16(20)21/h3-5,10H,6-9H2,1-2H3,(H,20,21). The van der Waals surface area contributed by atoms with Crippen LogP contribution in [0.3, 0.4) is 0 Å². The van der Waals surface area contributed by atoms with Crippen LogP contribution in [-0.2, 0) is 10.0 Å². The fourth-order valence-corrected chi connectivity index (χ4v) is 5.82. The van der Waals surface area contributed by atoms with Crippen molar-refractivity contribution in [3.05, 3.63) is 39.7 Å². The van der Waals surface area contributed by atoms with Gasteiger partial charge in [-0.15, -0.1) is 11.3 Å². The Morgan fingerprint density at radius 2 is 1.88 bits per heavy atom. The Morgan fingerprint density at radius 3 is 2.44 bits per heavy atom. The molecule has 1 aliphatic rings. The van der Waals surface area contributed by atoms with Crippen molar-refractivity contribution in [2.45, 2.75) is 18.7 Å². The van der Waals surface area contributed by atoms with E-state index in [1.807, 2.05) is 18.7 Å². The molecule has 0 aliphatic carbocycles. The smallest absolute Gasteiger partial charge is 0.354 e. The Hall–Kier alpha value is -1.97. The van der Waals surface area contributed by atoms with Gasteiger partial charge in [0.25, 0.3) is 0 Å². The van der Waals surface area contributed by atoms with Crippen molar-refractivity contribution < 1.29 is 18.3 Å². The first-order valence-electron chi connectivity index (χ1n) is 7.81. The SMILES string of the molecule is Cc1cc(S(=O)(=O)N2CCN(c3cccc(C(=O)O)n3)CC2)c(C)s1. The lowest BCUT2D eigenvalue weighted by atomic mass is 10.3. The lowest BCUT2D eigenvalue weighted by Gasteiger charge is -2.34. The monoisotopic (exact) mass is 381 g/mol. The number of thiophene rings is 1. The van der Waals surface area contributed by atoms with Crippen molar-refractivity contribution in [1.29, 1.82) is 0 Å². The van der Waals surface area contributed by atoms with Gasteiger partial charge in [0, 0.05) is 35.9 Å². The van der Waals surface area contributed by atoms with E-state index in [9.17, 15) is 13.2 Å². The molecule has 2 aromatic heterocycles. The van der Waals surface area contributed by atoms with Crippen molar-refractivity contribution in [1.82, 2.24) is 9.29 Å². The van der Waals surface area contributed by atoms with Gasteiger partial charge in [0.05, 0.1) is 4.90 Å². The van der Waals surface area contributed by atoms with Gasteiger partial charge in [-0.2, -0.15) is 4.31 Å². The fourth-order valence-electron chi connectivity index (χ4n) is 2.88. The summed E-state index contributed by atoms with van der Waals surface area (Å²) in [6.45, 7) is 5.35. The van der Waals surface area contributed by atoms with Crippen LogP contribution in [0.5, 0.6) is 0 Å². The van der Waals surface area contributed by atoms with Gasteiger partial charge in [-0.1, -0.05) is 6.07 Å². The number of carbonyl (C=O) groups is 1. The molecule has 1 N–H and O–H groups in total. The van der Waals surface area contributed by atoms with Crippen molar-refractivity contribution in [3.8, 4) is 0 Å². The summed E-state index contributed by atoms with van der Waals surface area (Å²) in [5.74, 6) is -0.522. The average Bonchev–Trinajstić information content (AvgIpc) is 2.94. The summed E-state index contributed by atoms with van der Waals surface area (Å²) in [4.78, 5) is 19.2. The summed E-state index contributed by atoms with van der Waals surface area (Å²) in [6, 6.07) is 6.54. The minimum absolute atomic E-state index is 0.0167. The molecular formula is C16H19N3O4S2. The van der Waals surface area contributed by atoms with Crippen LogP contribution in [0.4, 0.5) is 5.82 Å². The lowest BCUT2D eigenvalue weighted by Crippen LogP contribution is -2.49. The minimum Gasteiger partial charge on any atom is -0.477 e. The number of anilines is 1. The largest absolute Gasteiger partial charge is 0.477 e. The van der Waals surface area contributed by atoms with Gasteiger partial charge in [-0.25, -0.2) is 18.2 Å². The zero-order chi connectivity index (χ0) is 18.2. The zero-order valence-electron chi connectivity index (χ0n) is 14.0. The van der Waals surface area contributed by atoms with Gasteiger partial charge in [0.2, 0.25) is 10.0 Å². The van der Waals surface area contributed by atoms with Crippen molar-refractivity contribution in [2.24, 2.45) is 0 Å². The van der Waals surface area contributed by atoms with Gasteiger partial charge in [-0.3, -0.25) is 0 Å². The molecule has 9 heteroatoms. The summed E-state index contributed by atoms with van der Waals surface area (Å²) in [5, 5.41) is 9.04. The number of hydrogen-bond acceptors (Lipinski definition) is 6. The predicted octanol–water partition coefficient (Wildman–Crippen LogP) is 1.97. The molecule has 134 valence electrons. The van der Waals surface area contributed by atoms with Crippen LogP contribution in [0.1, 0.15) is 20.2 Å². The second-order valence-corrected chi connectivity index (χ2v) is 9.22. The third-order valence-corrected chi connectivity index (χ3v) is 7.25. The van der Waals surface area contributed by atoms with E-state index in [1.165, 1.54) is 21.7 Å². The highest BCUT2D eigenvalue weighted by Gasteiger charge is 2.31. The number of sulfonamides is 1. The van der Waals surface area contributed by atoms with Crippen LogP contribution in [0.2, 0.25) is 0 Å². The molecule has 0 radical (unpaired) electrons. The number of aromatic carboxylic acids is 1. The first kappa shape index (κ1) is 17.8. The molecule has 0 bridgehead atoms. The molecular weight excluding hydrogens is 362 g/mol. The molecule has 1 saturated heterocycles. The van der Waals surface area contributed by atoms with E-state index in [2.05, 4.69) is 4.98 Å². The Bertz CT molecular complexity index is 900. The van der Waals surface area contributed by atoms with E-state index < -0.39 is 16.0 Å². The predicted molar refractivity (Wildman–Crippen MR) is 96.0 cm³/mol. The summed E-state index contributed by atoms with van der Waals surface area (Å²) >= 11 is 1.48. The number of nitrogens with zero attached hydrogens (tertiary/aromatic N) is 3. The fraction of sp³-hybridized carbons (Fsp3) is 0.375. The first-order chi connectivity index (χ1) is 11.8. The first-order valence-corrected chi connectivity index (χ1v) is 10.1. The quantitative estimate of drug-likeness (QED) is 0.871. The maximum atomic E-state index is 12.8. The van der Waals surface area contributed by atoms with Gasteiger partial charge >= 0.3 is 5.97 Å². The number of pyridine rings is 1. The third-order valence-electron chi connectivity index (χ3n) is 4.13. The van der Waals surface area contributed by atoms with E-state index in [1.54, 1.807) is 18.2 Å². The maximum Gasteiger partial charge on any atom is 0.354 e. The summed E-state index contributed by atoms with van der Waals surface area (Å²) in [7, 11) is -3.50. The molecule has 0 unspecified atom stereocenters. The van der Waals surface area contributed by atoms with Crippen molar-refractivity contribution in [2.75, 3.05) is 31.1 Å². The molecule has 0 saturated carbocycles. The summed E-state index contributed by atoms with van der Waals surface area (Å²) < 4.78 is 27.1. The van der Waals surface area contributed by atoms with Gasteiger partial charge in [0.15, 0.2) is 5.69 Å². The van der Waals surface area contributed by atoms with Gasteiger partial charge < -0.3 is 10.0 Å². The second kappa shape index (κ2) is 6.74. The Balaban J connectivity index is 1.75. The maximum absolute atomic E-state index is 12.8. The van der Waals surface area contributed by atoms with Gasteiger partial charge in [-0.05, 0) is 32.0 Å². The number of aryl methyl sites for hydroxylation is 2. The van der Waals surface area contributed by atoms with Crippen LogP contribution < -0.4 is 4.90 Å². The molecule has 3 rings (SSSR count). The number of aromatic nitrogens is 1. The van der Waals surface area contributed by atoms with Crippen molar-refractivity contribution in [3.63, 3.8) is 0 Å². The highest BCUT2D eigenvalue weighted by molar-refractivity contribution is 7.89. The second-order valence-electron chi connectivity index (χ2n) is 5.85. The Morgan fingerprint density at radius 1 is 1.20 bits per heavy atom. The van der Waals surface area contributed by atoms with Crippen molar-refractivity contribution >= 4 is 33.1 Å². The molecule has 7 nitrogen and oxygen atoms in total. The lowest BCUT2D eigenvalue weighted by molar-refractivity contribution is 0.0690. The molecule has 25 heavy (non-hydrogen) atoms. The van der Waals surface area contributed by atoms with Crippen LogP contribution >= 0.6 is 11.3 Å². The summed E-state index contributed by atoms with van der Waals surface area (Å²) in [5.41, 5.74) is -0.0167. The van der Waals surface area contributed by atoms with E-state index in [0.29, 0.717) is 36.9 Å². The molecule has 0 amide bonds. The molecule has 2 aromatic rings. The normalized spacial score (nSPS) is 16.2. The minimum atomic E-state index is -3.50. The van der Waals surface area contributed by atoms with Crippen LogP contribution in [0, 0.1) is 13.8 Å². The molecule has 0 aromatic carbocycles. The number of hydrogen-bond donors (Lipinski definition) is 1.